The molecule has 0 atom stereocenters. The summed E-state index contributed by atoms with van der Waals surface area (Å²) in [4.78, 5) is 19.5. The van der Waals surface area contributed by atoms with Crippen LogP contribution in [0.15, 0.2) is 36.7 Å². The lowest BCUT2D eigenvalue weighted by Gasteiger charge is -2.35. The average Bonchev–Trinajstić information content (AvgIpc) is 3.19. The number of nitrogens with zero attached hydrogens (tertiary/aromatic N) is 6. The fourth-order valence-corrected chi connectivity index (χ4v) is 4.84. The van der Waals surface area contributed by atoms with Crippen LogP contribution in [0, 0.1) is 18.6 Å². The number of benzene rings is 1. The molecule has 1 aliphatic heterocycles. The maximum Gasteiger partial charge on any atom is 0.229 e. The number of pyridine rings is 1. The summed E-state index contributed by atoms with van der Waals surface area (Å²) >= 11 is 0. The van der Waals surface area contributed by atoms with Crippen LogP contribution in [0.4, 0.5) is 20.5 Å². The molecule has 10 heteroatoms. The van der Waals surface area contributed by atoms with Crippen molar-refractivity contribution < 1.29 is 13.9 Å². The standard InChI is InChI=1S/C27H31F2N7O/c1-16(2)36-17(3)32-25-20(28)11-19(12-22(25)36)24-21(29)14-31-26(34-24)33-23-6-5-18(13-30-23)15-35-9-7-27(4,37)8-10-35/h5-6,11-14,16,37H,7-10,15H2,1-4H3,(H,30,31,33,34). The van der Waals surface area contributed by atoms with Crippen LogP contribution in [0.5, 0.6) is 0 Å². The Labute approximate surface area is 214 Å². The van der Waals surface area contributed by atoms with E-state index in [0.29, 0.717) is 22.7 Å². The summed E-state index contributed by atoms with van der Waals surface area (Å²) in [6, 6.07) is 6.80. The number of hydrogen-bond acceptors (Lipinski definition) is 7. The minimum absolute atomic E-state index is 0.00920. The van der Waals surface area contributed by atoms with E-state index in [4.69, 9.17) is 0 Å². The highest BCUT2D eigenvalue weighted by atomic mass is 19.1. The molecule has 4 heterocycles. The molecule has 0 aliphatic carbocycles. The zero-order chi connectivity index (χ0) is 26.3. The van der Waals surface area contributed by atoms with E-state index in [-0.39, 0.29) is 23.2 Å². The molecule has 0 spiro atoms. The van der Waals surface area contributed by atoms with E-state index in [1.54, 1.807) is 12.3 Å². The predicted molar refractivity (Wildman–Crippen MR) is 138 cm³/mol. The third-order valence-electron chi connectivity index (χ3n) is 6.86. The van der Waals surface area contributed by atoms with Crippen molar-refractivity contribution in [2.45, 2.75) is 58.7 Å². The van der Waals surface area contributed by atoms with E-state index in [1.807, 2.05) is 44.4 Å². The molecule has 4 aromatic rings. The second kappa shape index (κ2) is 9.75. The number of nitrogens with one attached hydrogen (secondary N) is 1. The van der Waals surface area contributed by atoms with E-state index in [1.165, 1.54) is 6.07 Å². The molecule has 1 aliphatic rings. The van der Waals surface area contributed by atoms with Gasteiger partial charge in [0, 0.05) is 37.4 Å². The fraction of sp³-hybridized carbons (Fsp3) is 0.407. The molecule has 0 amide bonds. The Morgan fingerprint density at radius 2 is 1.81 bits per heavy atom. The lowest BCUT2D eigenvalue weighted by Crippen LogP contribution is -2.41. The van der Waals surface area contributed by atoms with Crippen LogP contribution in [0.3, 0.4) is 0 Å². The topological polar surface area (TPSA) is 92.0 Å². The van der Waals surface area contributed by atoms with Crippen LogP contribution < -0.4 is 5.32 Å². The highest BCUT2D eigenvalue weighted by Gasteiger charge is 2.27. The van der Waals surface area contributed by atoms with Gasteiger partial charge in [0.2, 0.25) is 5.95 Å². The Morgan fingerprint density at radius 3 is 2.49 bits per heavy atom. The van der Waals surface area contributed by atoms with Crippen molar-refractivity contribution in [3.8, 4) is 11.3 Å². The molecular formula is C27H31F2N7O. The number of halogens is 2. The van der Waals surface area contributed by atoms with Crippen LogP contribution >= 0.6 is 0 Å². The van der Waals surface area contributed by atoms with Crippen LogP contribution in [0.25, 0.3) is 22.3 Å². The molecule has 5 rings (SSSR count). The van der Waals surface area contributed by atoms with Crippen molar-refractivity contribution in [3.63, 3.8) is 0 Å². The van der Waals surface area contributed by atoms with Gasteiger partial charge in [-0.1, -0.05) is 6.07 Å². The largest absolute Gasteiger partial charge is 0.390 e. The lowest BCUT2D eigenvalue weighted by molar-refractivity contribution is -0.00731. The van der Waals surface area contributed by atoms with Crippen molar-refractivity contribution in [1.82, 2.24) is 29.4 Å². The van der Waals surface area contributed by atoms with Crippen molar-refractivity contribution in [2.75, 3.05) is 18.4 Å². The normalized spacial score (nSPS) is 16.0. The van der Waals surface area contributed by atoms with E-state index in [2.05, 4.69) is 30.2 Å². The third kappa shape index (κ3) is 5.30. The number of aliphatic hydroxyl groups is 1. The molecule has 0 unspecified atom stereocenters. The number of piperidine rings is 1. The number of hydrogen-bond donors (Lipinski definition) is 2. The quantitative estimate of drug-likeness (QED) is 0.373. The van der Waals surface area contributed by atoms with Gasteiger partial charge in [-0.3, -0.25) is 4.90 Å². The van der Waals surface area contributed by atoms with Gasteiger partial charge >= 0.3 is 0 Å². The first-order chi connectivity index (χ1) is 17.6. The molecule has 8 nitrogen and oxygen atoms in total. The van der Waals surface area contributed by atoms with Gasteiger partial charge in [-0.2, -0.15) is 0 Å². The monoisotopic (exact) mass is 507 g/mol. The zero-order valence-electron chi connectivity index (χ0n) is 21.5. The van der Waals surface area contributed by atoms with E-state index in [9.17, 15) is 13.9 Å². The molecule has 1 saturated heterocycles. The summed E-state index contributed by atoms with van der Waals surface area (Å²) in [6.07, 6.45) is 4.34. The second-order valence-electron chi connectivity index (χ2n) is 10.3. The molecule has 2 N–H and O–H groups in total. The highest BCUT2D eigenvalue weighted by Crippen LogP contribution is 2.30. The number of imidazole rings is 1. The molecule has 1 fully saturated rings. The Bertz CT molecular complexity index is 1420. The number of likely N-dealkylation sites (tertiary alicyclic amines) is 1. The minimum Gasteiger partial charge on any atom is -0.390 e. The van der Waals surface area contributed by atoms with Gasteiger partial charge in [0.1, 0.15) is 22.9 Å². The molecule has 0 bridgehead atoms. The molecule has 0 saturated carbocycles. The van der Waals surface area contributed by atoms with Crippen molar-refractivity contribution in [1.29, 1.82) is 0 Å². The molecule has 1 aromatic carbocycles. The summed E-state index contributed by atoms with van der Waals surface area (Å²) in [5, 5.41) is 13.1. The molecular weight excluding hydrogens is 476 g/mol. The number of rotatable bonds is 6. The van der Waals surface area contributed by atoms with E-state index >= 15 is 0 Å². The van der Waals surface area contributed by atoms with Crippen LogP contribution in [0.2, 0.25) is 0 Å². The van der Waals surface area contributed by atoms with Crippen molar-refractivity contribution in [2.24, 2.45) is 0 Å². The maximum atomic E-state index is 14.9. The summed E-state index contributed by atoms with van der Waals surface area (Å²) in [7, 11) is 0. The lowest BCUT2D eigenvalue weighted by atomic mass is 9.94. The third-order valence-corrected chi connectivity index (χ3v) is 6.86. The van der Waals surface area contributed by atoms with Crippen molar-refractivity contribution >= 4 is 22.8 Å². The van der Waals surface area contributed by atoms with Crippen LogP contribution in [0.1, 0.15) is 51.0 Å². The van der Waals surface area contributed by atoms with Crippen LogP contribution in [-0.4, -0.2) is 53.2 Å². The second-order valence-corrected chi connectivity index (χ2v) is 10.3. The highest BCUT2D eigenvalue weighted by molar-refractivity contribution is 5.83. The minimum atomic E-state index is -0.652. The smallest absolute Gasteiger partial charge is 0.229 e. The first kappa shape index (κ1) is 25.2. The summed E-state index contributed by atoms with van der Waals surface area (Å²) < 4.78 is 31.6. The van der Waals surface area contributed by atoms with Gasteiger partial charge in [-0.25, -0.2) is 28.7 Å². The molecule has 0 radical (unpaired) electrons. The van der Waals surface area contributed by atoms with Gasteiger partial charge in [-0.05, 0) is 64.3 Å². The first-order valence-corrected chi connectivity index (χ1v) is 12.5. The van der Waals surface area contributed by atoms with Gasteiger partial charge in [0.15, 0.2) is 11.6 Å². The predicted octanol–water partition coefficient (Wildman–Crippen LogP) is 5.15. The summed E-state index contributed by atoms with van der Waals surface area (Å²) in [5.74, 6) is 0.174. The SMILES string of the molecule is Cc1nc2c(F)cc(-c3nc(Nc4ccc(CN5CCC(C)(O)CC5)cn4)ncc3F)cc2n1C(C)C. The molecule has 37 heavy (non-hydrogen) atoms. The number of aryl methyl sites for hydroxylation is 1. The number of fused-ring (bicyclic) bond motifs is 1. The van der Waals surface area contributed by atoms with E-state index in [0.717, 1.165) is 44.2 Å². The molecule has 3 aromatic heterocycles. The Morgan fingerprint density at radius 1 is 1.05 bits per heavy atom. The maximum absolute atomic E-state index is 14.9. The van der Waals surface area contributed by atoms with Crippen molar-refractivity contribution in [3.05, 3.63) is 59.7 Å². The Balaban J connectivity index is 1.36. The summed E-state index contributed by atoms with van der Waals surface area (Å²) in [6.45, 7) is 10.1. The Kier molecular flexibility index (Phi) is 6.63. The zero-order valence-corrected chi connectivity index (χ0v) is 21.5. The van der Waals surface area contributed by atoms with E-state index < -0.39 is 17.2 Å². The van der Waals surface area contributed by atoms with Crippen LogP contribution in [-0.2, 0) is 6.54 Å². The number of anilines is 2. The number of aromatic nitrogens is 5. The van der Waals surface area contributed by atoms with Gasteiger partial charge in [0.05, 0.1) is 17.3 Å². The Hall–Kier alpha value is -3.50. The van der Waals surface area contributed by atoms with Gasteiger partial charge < -0.3 is 15.0 Å². The summed E-state index contributed by atoms with van der Waals surface area (Å²) in [5.41, 5.74) is 1.60. The van der Waals surface area contributed by atoms with Gasteiger partial charge in [-0.15, -0.1) is 0 Å². The fourth-order valence-electron chi connectivity index (χ4n) is 4.84. The first-order valence-electron chi connectivity index (χ1n) is 12.5. The van der Waals surface area contributed by atoms with Gasteiger partial charge in [0.25, 0.3) is 0 Å². The average molecular weight is 508 g/mol. The molecule has 194 valence electrons.